The Labute approximate surface area is 190 Å². The summed E-state index contributed by atoms with van der Waals surface area (Å²) in [5.41, 5.74) is 1.62. The van der Waals surface area contributed by atoms with Crippen LogP contribution in [0.3, 0.4) is 0 Å². The molecule has 0 unspecified atom stereocenters. The van der Waals surface area contributed by atoms with Crippen molar-refractivity contribution in [2.45, 2.75) is 72.3 Å². The minimum absolute atomic E-state index is 0.156. The molecule has 0 bridgehead atoms. The van der Waals surface area contributed by atoms with Crippen LogP contribution < -0.4 is 10.2 Å². The summed E-state index contributed by atoms with van der Waals surface area (Å²) in [7, 11) is 0. The van der Waals surface area contributed by atoms with Crippen LogP contribution in [0.1, 0.15) is 70.4 Å². The van der Waals surface area contributed by atoms with Crippen molar-refractivity contribution in [3.63, 3.8) is 0 Å². The number of nitrogens with one attached hydrogen (secondary N) is 1. The number of nitrogens with zero attached hydrogens (tertiary/aromatic N) is 1. The summed E-state index contributed by atoms with van der Waals surface area (Å²) in [4.78, 5) is 13.9. The molecule has 0 atom stereocenters. The smallest absolute Gasteiger partial charge is 0.322 e. The lowest BCUT2D eigenvalue weighted by Gasteiger charge is -2.24. The first kappa shape index (κ1) is 25.8. The molecule has 6 heteroatoms. The van der Waals surface area contributed by atoms with Crippen molar-refractivity contribution in [2.24, 2.45) is 5.92 Å². The molecule has 0 aliphatic carbocycles. The van der Waals surface area contributed by atoms with Crippen molar-refractivity contribution >= 4 is 11.7 Å². The Balaban J connectivity index is 2.06. The van der Waals surface area contributed by atoms with Crippen LogP contribution in [0.2, 0.25) is 0 Å². The van der Waals surface area contributed by atoms with Gasteiger partial charge in [-0.3, -0.25) is 4.90 Å². The molecule has 1 N–H and O–H groups in total. The molecule has 0 aromatic heterocycles. The summed E-state index contributed by atoms with van der Waals surface area (Å²) < 4.78 is 42.1. The van der Waals surface area contributed by atoms with Crippen LogP contribution in [0.15, 0.2) is 36.4 Å². The van der Waals surface area contributed by atoms with E-state index in [0.29, 0.717) is 24.5 Å². The van der Waals surface area contributed by atoms with E-state index in [2.05, 4.69) is 26.1 Å². The maximum Gasteiger partial charge on any atom is 0.322 e. The minimum Gasteiger partial charge on any atom is -0.334 e. The summed E-state index contributed by atoms with van der Waals surface area (Å²) >= 11 is 0. The second-order valence-corrected chi connectivity index (χ2v) is 8.69. The topological polar surface area (TPSA) is 32.3 Å². The summed E-state index contributed by atoms with van der Waals surface area (Å²) in [6.07, 6.45) is 6.69. The van der Waals surface area contributed by atoms with E-state index in [-0.39, 0.29) is 13.1 Å². The van der Waals surface area contributed by atoms with Gasteiger partial charge in [-0.05, 0) is 36.3 Å². The fourth-order valence-corrected chi connectivity index (χ4v) is 3.53. The molecule has 2 aromatic rings. The second-order valence-electron chi connectivity index (χ2n) is 8.69. The lowest BCUT2D eigenvalue weighted by molar-refractivity contribution is 0.245. The first-order chi connectivity index (χ1) is 15.3. The molecule has 0 aliphatic rings. The molecule has 0 aliphatic heterocycles. The van der Waals surface area contributed by atoms with Gasteiger partial charge >= 0.3 is 6.03 Å². The number of halogens is 3. The zero-order chi connectivity index (χ0) is 23.5. The number of urea groups is 1. The number of rotatable bonds is 12. The number of carbonyl (C=O) groups is 1. The SMILES string of the molecule is CCCCCCCN(C(=O)NCc1ccc(CCC(C)C)cc1)c1c(F)cc(F)cc1F. The number of hydrogen-bond donors (Lipinski definition) is 1. The van der Waals surface area contributed by atoms with Gasteiger partial charge in [-0.15, -0.1) is 0 Å². The molecule has 32 heavy (non-hydrogen) atoms. The second kappa shape index (κ2) is 13.1. The van der Waals surface area contributed by atoms with E-state index in [4.69, 9.17) is 0 Å². The molecular formula is C26H35F3N2O. The number of benzene rings is 2. The third-order valence-electron chi connectivity index (χ3n) is 5.46. The van der Waals surface area contributed by atoms with Crippen LogP contribution in [-0.2, 0) is 13.0 Å². The van der Waals surface area contributed by atoms with E-state index in [1.807, 2.05) is 24.3 Å². The first-order valence-electron chi connectivity index (χ1n) is 11.6. The minimum atomic E-state index is -1.08. The highest BCUT2D eigenvalue weighted by Gasteiger charge is 2.23. The normalized spacial score (nSPS) is 11.1. The van der Waals surface area contributed by atoms with Gasteiger partial charge in [-0.25, -0.2) is 18.0 Å². The van der Waals surface area contributed by atoms with Gasteiger partial charge in [-0.1, -0.05) is 70.7 Å². The summed E-state index contributed by atoms with van der Waals surface area (Å²) in [5, 5.41) is 2.75. The highest BCUT2D eigenvalue weighted by Crippen LogP contribution is 2.25. The largest absolute Gasteiger partial charge is 0.334 e. The van der Waals surface area contributed by atoms with E-state index < -0.39 is 29.2 Å². The quantitative estimate of drug-likeness (QED) is 0.338. The van der Waals surface area contributed by atoms with Gasteiger partial charge in [0.25, 0.3) is 0 Å². The fourth-order valence-electron chi connectivity index (χ4n) is 3.53. The van der Waals surface area contributed by atoms with Crippen molar-refractivity contribution < 1.29 is 18.0 Å². The highest BCUT2D eigenvalue weighted by molar-refractivity contribution is 5.92. The average Bonchev–Trinajstić information content (AvgIpc) is 2.74. The Kier molecular flexibility index (Phi) is 10.6. The van der Waals surface area contributed by atoms with Gasteiger partial charge in [0.05, 0.1) is 0 Å². The molecule has 0 fully saturated rings. The van der Waals surface area contributed by atoms with E-state index in [0.717, 1.165) is 49.0 Å². The molecule has 0 saturated carbocycles. The van der Waals surface area contributed by atoms with Gasteiger partial charge in [0.2, 0.25) is 0 Å². The van der Waals surface area contributed by atoms with Gasteiger partial charge in [0.1, 0.15) is 11.5 Å². The van der Waals surface area contributed by atoms with Crippen molar-refractivity contribution in [2.75, 3.05) is 11.4 Å². The predicted molar refractivity (Wildman–Crippen MR) is 124 cm³/mol. The number of carbonyl (C=O) groups excluding carboxylic acids is 1. The molecule has 0 spiro atoms. The molecule has 2 amide bonds. The van der Waals surface area contributed by atoms with Gasteiger partial charge < -0.3 is 5.32 Å². The zero-order valence-electron chi connectivity index (χ0n) is 19.4. The Morgan fingerprint density at radius 2 is 1.53 bits per heavy atom. The number of anilines is 1. The highest BCUT2D eigenvalue weighted by atomic mass is 19.1. The monoisotopic (exact) mass is 448 g/mol. The van der Waals surface area contributed by atoms with E-state index in [9.17, 15) is 18.0 Å². The van der Waals surface area contributed by atoms with E-state index >= 15 is 0 Å². The summed E-state index contributed by atoms with van der Waals surface area (Å²) in [6.45, 7) is 6.86. The Morgan fingerprint density at radius 1 is 0.938 bits per heavy atom. The van der Waals surface area contributed by atoms with Crippen molar-refractivity contribution in [1.29, 1.82) is 0 Å². The van der Waals surface area contributed by atoms with Crippen LogP contribution in [0.25, 0.3) is 0 Å². The average molecular weight is 449 g/mol. The van der Waals surface area contributed by atoms with Gasteiger partial charge in [-0.2, -0.15) is 0 Å². The van der Waals surface area contributed by atoms with Crippen molar-refractivity contribution in [1.82, 2.24) is 5.32 Å². The molecule has 3 nitrogen and oxygen atoms in total. The molecule has 2 rings (SSSR count). The lowest BCUT2D eigenvalue weighted by Crippen LogP contribution is -2.41. The van der Waals surface area contributed by atoms with Crippen molar-refractivity contribution in [3.05, 3.63) is 65.0 Å². The number of aryl methyl sites for hydroxylation is 1. The molecule has 2 aromatic carbocycles. The third kappa shape index (κ3) is 8.21. The molecular weight excluding hydrogens is 413 g/mol. The number of unbranched alkanes of at least 4 members (excludes halogenated alkanes) is 4. The van der Waals surface area contributed by atoms with Crippen LogP contribution in [0, 0.1) is 23.4 Å². The lowest BCUT2D eigenvalue weighted by atomic mass is 10.0. The molecule has 0 radical (unpaired) electrons. The summed E-state index contributed by atoms with van der Waals surface area (Å²) in [5.74, 6) is -2.54. The Bertz CT molecular complexity index is 830. The number of hydrogen-bond acceptors (Lipinski definition) is 1. The first-order valence-corrected chi connectivity index (χ1v) is 11.6. The molecule has 0 saturated heterocycles. The Morgan fingerprint density at radius 3 is 2.12 bits per heavy atom. The standard InChI is InChI=1S/C26H35F3N2O/c1-4-5-6-7-8-15-31(25-23(28)16-22(27)17-24(25)29)26(32)30-18-21-13-11-20(12-14-21)10-9-19(2)3/h11-14,16-17,19H,4-10,15,18H2,1-3H3,(H,30,32). The van der Waals surface area contributed by atoms with E-state index in [1.54, 1.807) is 0 Å². The summed E-state index contributed by atoms with van der Waals surface area (Å²) in [6, 6.07) is 8.57. The van der Waals surface area contributed by atoms with Crippen LogP contribution >= 0.6 is 0 Å². The zero-order valence-corrected chi connectivity index (χ0v) is 19.4. The van der Waals surface area contributed by atoms with E-state index in [1.165, 1.54) is 5.56 Å². The van der Waals surface area contributed by atoms with Crippen molar-refractivity contribution in [3.8, 4) is 0 Å². The third-order valence-corrected chi connectivity index (χ3v) is 5.46. The Hall–Kier alpha value is -2.50. The van der Waals surface area contributed by atoms with Crippen LogP contribution in [-0.4, -0.2) is 12.6 Å². The maximum atomic E-state index is 14.4. The predicted octanol–water partition coefficient (Wildman–Crippen LogP) is 7.38. The van der Waals surface area contributed by atoms with Gasteiger partial charge in [0.15, 0.2) is 11.6 Å². The molecule has 0 heterocycles. The van der Waals surface area contributed by atoms with Crippen LogP contribution in [0.5, 0.6) is 0 Å². The molecule has 176 valence electrons. The maximum absolute atomic E-state index is 14.4. The fraction of sp³-hybridized carbons (Fsp3) is 0.500. The number of amides is 2. The van der Waals surface area contributed by atoms with Gasteiger partial charge in [0, 0.05) is 25.2 Å². The van der Waals surface area contributed by atoms with Crippen LogP contribution in [0.4, 0.5) is 23.7 Å².